The molecule has 0 amide bonds. The SMILES string of the molecule is CCCNc1nc(Cl)nc(OC2CCCCC2CC)n1. The fraction of sp³-hybridized carbons (Fsp3) is 0.786. The van der Waals surface area contributed by atoms with E-state index in [1.54, 1.807) is 0 Å². The maximum Gasteiger partial charge on any atom is 0.322 e. The van der Waals surface area contributed by atoms with Gasteiger partial charge in [-0.15, -0.1) is 0 Å². The highest BCUT2D eigenvalue weighted by molar-refractivity contribution is 6.28. The van der Waals surface area contributed by atoms with Gasteiger partial charge in [-0.25, -0.2) is 0 Å². The molecule has 1 heterocycles. The lowest BCUT2D eigenvalue weighted by molar-refractivity contribution is 0.0808. The highest BCUT2D eigenvalue weighted by atomic mass is 35.5. The van der Waals surface area contributed by atoms with E-state index < -0.39 is 0 Å². The normalized spacial score (nSPS) is 22.6. The van der Waals surface area contributed by atoms with Gasteiger partial charge in [-0.05, 0) is 49.6 Å². The van der Waals surface area contributed by atoms with Crippen molar-refractivity contribution in [2.24, 2.45) is 5.92 Å². The van der Waals surface area contributed by atoms with Gasteiger partial charge in [0.1, 0.15) is 6.10 Å². The fourth-order valence-electron chi connectivity index (χ4n) is 2.63. The van der Waals surface area contributed by atoms with Crippen molar-refractivity contribution in [1.82, 2.24) is 15.0 Å². The molecule has 112 valence electrons. The van der Waals surface area contributed by atoms with Gasteiger partial charge in [0.15, 0.2) is 0 Å². The molecule has 1 saturated carbocycles. The fourth-order valence-corrected chi connectivity index (χ4v) is 2.78. The average molecular weight is 299 g/mol. The van der Waals surface area contributed by atoms with E-state index in [2.05, 4.69) is 34.1 Å². The van der Waals surface area contributed by atoms with E-state index >= 15 is 0 Å². The van der Waals surface area contributed by atoms with Gasteiger partial charge in [0.2, 0.25) is 11.2 Å². The second-order valence-corrected chi connectivity index (χ2v) is 5.58. The van der Waals surface area contributed by atoms with Gasteiger partial charge in [0.25, 0.3) is 0 Å². The summed E-state index contributed by atoms with van der Waals surface area (Å²) < 4.78 is 5.97. The van der Waals surface area contributed by atoms with Crippen molar-refractivity contribution < 1.29 is 4.74 Å². The van der Waals surface area contributed by atoms with Crippen LogP contribution in [0.15, 0.2) is 0 Å². The number of hydrogen-bond acceptors (Lipinski definition) is 5. The molecule has 6 heteroatoms. The number of nitrogens with zero attached hydrogens (tertiary/aromatic N) is 3. The van der Waals surface area contributed by atoms with Crippen LogP contribution in [0.1, 0.15) is 52.4 Å². The first-order valence-corrected chi connectivity index (χ1v) is 7.92. The molecule has 0 spiro atoms. The van der Waals surface area contributed by atoms with Crippen LogP contribution < -0.4 is 10.1 Å². The van der Waals surface area contributed by atoms with E-state index in [0.717, 1.165) is 25.8 Å². The van der Waals surface area contributed by atoms with Gasteiger partial charge in [-0.1, -0.05) is 20.3 Å². The van der Waals surface area contributed by atoms with Crippen molar-refractivity contribution in [2.45, 2.75) is 58.5 Å². The van der Waals surface area contributed by atoms with Gasteiger partial charge in [-0.3, -0.25) is 0 Å². The number of aromatic nitrogens is 3. The second-order valence-electron chi connectivity index (χ2n) is 5.25. The molecular weight excluding hydrogens is 276 g/mol. The van der Waals surface area contributed by atoms with E-state index in [1.165, 1.54) is 19.3 Å². The summed E-state index contributed by atoms with van der Waals surface area (Å²) in [7, 11) is 0. The number of ether oxygens (including phenoxy) is 1. The van der Waals surface area contributed by atoms with E-state index in [4.69, 9.17) is 16.3 Å². The van der Waals surface area contributed by atoms with Gasteiger partial charge in [0, 0.05) is 6.54 Å². The molecule has 5 nitrogen and oxygen atoms in total. The molecule has 0 aliphatic heterocycles. The third-order valence-electron chi connectivity index (χ3n) is 3.74. The first kappa shape index (κ1) is 15.3. The van der Waals surface area contributed by atoms with Crippen LogP contribution in [0.25, 0.3) is 0 Å². The summed E-state index contributed by atoms with van der Waals surface area (Å²) in [5.41, 5.74) is 0. The van der Waals surface area contributed by atoms with Crippen LogP contribution in [0, 0.1) is 5.92 Å². The molecule has 0 aromatic carbocycles. The van der Waals surface area contributed by atoms with E-state index in [-0.39, 0.29) is 11.4 Å². The number of halogens is 1. The molecule has 1 aliphatic carbocycles. The van der Waals surface area contributed by atoms with Crippen molar-refractivity contribution in [2.75, 3.05) is 11.9 Å². The highest BCUT2D eigenvalue weighted by Crippen LogP contribution is 2.29. The maximum atomic E-state index is 5.97. The first-order valence-electron chi connectivity index (χ1n) is 7.55. The van der Waals surface area contributed by atoms with Crippen molar-refractivity contribution >= 4 is 17.5 Å². The largest absolute Gasteiger partial charge is 0.460 e. The molecule has 0 saturated heterocycles. The predicted molar refractivity (Wildman–Crippen MR) is 80.3 cm³/mol. The Kier molecular flexibility index (Phi) is 5.83. The number of hydrogen-bond donors (Lipinski definition) is 1. The monoisotopic (exact) mass is 298 g/mol. The Balaban J connectivity index is 2.05. The Morgan fingerprint density at radius 3 is 2.75 bits per heavy atom. The third-order valence-corrected chi connectivity index (χ3v) is 3.91. The number of anilines is 1. The Bertz CT molecular complexity index is 430. The summed E-state index contributed by atoms with van der Waals surface area (Å²) in [6.45, 7) is 5.10. The van der Waals surface area contributed by atoms with Gasteiger partial charge >= 0.3 is 6.01 Å². The quantitative estimate of drug-likeness (QED) is 0.868. The van der Waals surface area contributed by atoms with Crippen LogP contribution in [0.3, 0.4) is 0 Å². The molecular formula is C14H23ClN4O. The van der Waals surface area contributed by atoms with Crippen molar-refractivity contribution in [1.29, 1.82) is 0 Å². The third kappa shape index (κ3) is 4.20. The summed E-state index contributed by atoms with van der Waals surface area (Å²) in [5.74, 6) is 1.08. The Labute approximate surface area is 125 Å². The molecule has 1 aliphatic rings. The van der Waals surface area contributed by atoms with Crippen LogP contribution in [0.5, 0.6) is 6.01 Å². The maximum absolute atomic E-state index is 5.97. The molecule has 2 rings (SSSR count). The Hall–Kier alpha value is -1.10. The summed E-state index contributed by atoms with van der Waals surface area (Å²) in [4.78, 5) is 12.4. The Morgan fingerprint density at radius 1 is 1.20 bits per heavy atom. The summed E-state index contributed by atoms with van der Waals surface area (Å²) in [6, 6.07) is 0.342. The molecule has 0 radical (unpaired) electrons. The van der Waals surface area contributed by atoms with Gasteiger partial charge in [0.05, 0.1) is 0 Å². The van der Waals surface area contributed by atoms with E-state index in [1.807, 2.05) is 0 Å². The minimum atomic E-state index is 0.178. The zero-order valence-electron chi connectivity index (χ0n) is 12.2. The topological polar surface area (TPSA) is 59.9 Å². The average Bonchev–Trinajstić information content (AvgIpc) is 2.45. The summed E-state index contributed by atoms with van der Waals surface area (Å²) >= 11 is 5.93. The van der Waals surface area contributed by atoms with Crippen molar-refractivity contribution in [3.63, 3.8) is 0 Å². The molecule has 1 aromatic heterocycles. The lowest BCUT2D eigenvalue weighted by Gasteiger charge is -2.30. The smallest absolute Gasteiger partial charge is 0.322 e. The van der Waals surface area contributed by atoms with Crippen LogP contribution in [0.2, 0.25) is 5.28 Å². The van der Waals surface area contributed by atoms with Crippen LogP contribution in [-0.2, 0) is 0 Å². The zero-order valence-corrected chi connectivity index (χ0v) is 13.0. The van der Waals surface area contributed by atoms with E-state index in [0.29, 0.717) is 17.9 Å². The minimum absolute atomic E-state index is 0.178. The first-order chi connectivity index (χ1) is 9.72. The molecule has 20 heavy (non-hydrogen) atoms. The molecule has 0 bridgehead atoms. The number of rotatable bonds is 6. The van der Waals surface area contributed by atoms with Crippen LogP contribution >= 0.6 is 11.6 Å². The predicted octanol–water partition coefficient (Wildman–Crippen LogP) is 3.69. The van der Waals surface area contributed by atoms with Crippen molar-refractivity contribution in [3.8, 4) is 6.01 Å². The van der Waals surface area contributed by atoms with Crippen molar-refractivity contribution in [3.05, 3.63) is 5.28 Å². The van der Waals surface area contributed by atoms with Crippen LogP contribution in [-0.4, -0.2) is 27.6 Å². The van der Waals surface area contributed by atoms with E-state index in [9.17, 15) is 0 Å². The highest BCUT2D eigenvalue weighted by Gasteiger charge is 2.26. The standard InChI is InChI=1S/C14H23ClN4O/c1-3-9-16-13-17-12(15)18-14(19-13)20-11-8-6-5-7-10(11)4-2/h10-11H,3-9H2,1-2H3,(H,16,17,18,19). The minimum Gasteiger partial charge on any atom is -0.460 e. The second kappa shape index (κ2) is 7.62. The zero-order chi connectivity index (χ0) is 14.4. The summed E-state index contributed by atoms with van der Waals surface area (Å²) in [5, 5.41) is 3.29. The summed E-state index contributed by atoms with van der Waals surface area (Å²) in [6.07, 6.45) is 7.12. The Morgan fingerprint density at radius 2 is 2.00 bits per heavy atom. The van der Waals surface area contributed by atoms with Gasteiger partial charge in [-0.2, -0.15) is 15.0 Å². The number of nitrogens with one attached hydrogen (secondary N) is 1. The lowest BCUT2D eigenvalue weighted by Crippen LogP contribution is -2.30. The molecule has 2 atom stereocenters. The lowest BCUT2D eigenvalue weighted by atomic mass is 9.85. The molecule has 1 fully saturated rings. The molecule has 2 unspecified atom stereocenters. The van der Waals surface area contributed by atoms with Gasteiger partial charge < -0.3 is 10.1 Å². The molecule has 1 N–H and O–H groups in total. The molecule has 1 aromatic rings. The van der Waals surface area contributed by atoms with Crippen LogP contribution in [0.4, 0.5) is 5.95 Å².